The highest BCUT2D eigenvalue weighted by Gasteiger charge is 2.52. The molecule has 2 aromatic carbocycles. The van der Waals surface area contributed by atoms with Crippen molar-refractivity contribution < 1.29 is 9.59 Å². The molecular weight excluding hydrogens is 467 g/mol. The first kappa shape index (κ1) is 28.3. The minimum atomic E-state index is -0.526. The first-order chi connectivity index (χ1) is 17.9. The summed E-state index contributed by atoms with van der Waals surface area (Å²) in [6, 6.07) is 16.1. The summed E-state index contributed by atoms with van der Waals surface area (Å²) < 4.78 is 0. The normalized spacial score (nSPS) is 22.9. The number of aldehydes is 1. The first-order valence-electron chi connectivity index (χ1n) is 14.4. The lowest BCUT2D eigenvalue weighted by molar-refractivity contribution is -0.134. The summed E-state index contributed by atoms with van der Waals surface area (Å²) in [4.78, 5) is 33.4. The molecule has 0 aromatic heterocycles. The summed E-state index contributed by atoms with van der Waals surface area (Å²) in [6.45, 7) is 15.9. The Bertz CT molecular complexity index is 1180. The third-order valence-corrected chi connectivity index (χ3v) is 8.75. The highest BCUT2D eigenvalue weighted by molar-refractivity contribution is 6.53. The molecule has 0 N–H and O–H groups in total. The van der Waals surface area contributed by atoms with Gasteiger partial charge in [-0.25, -0.2) is 0 Å². The Labute approximate surface area is 230 Å². The molecular formula is C33H45BN2O2. The van der Waals surface area contributed by atoms with E-state index in [4.69, 9.17) is 4.99 Å². The van der Waals surface area contributed by atoms with E-state index in [1.54, 1.807) is 0 Å². The summed E-state index contributed by atoms with van der Waals surface area (Å²) in [5, 5.41) is 0. The van der Waals surface area contributed by atoms with Crippen LogP contribution in [0.3, 0.4) is 0 Å². The maximum Gasteiger partial charge on any atom is 0.275 e. The maximum absolute atomic E-state index is 14.5. The van der Waals surface area contributed by atoms with Gasteiger partial charge in [0.15, 0.2) is 7.28 Å². The van der Waals surface area contributed by atoms with Gasteiger partial charge in [0, 0.05) is 11.1 Å². The average molecular weight is 513 g/mol. The van der Waals surface area contributed by atoms with Crippen molar-refractivity contribution in [3.05, 3.63) is 65.2 Å². The number of carbonyl (C=O) groups is 2. The SMILES string of the molecule is CBc1cccc(C2=NC3(CCC(C(C)(C)C)CC3)N(C(CCC(C)(C)C)c3ccc(C=O)cc3)C2=O)c1. The van der Waals surface area contributed by atoms with Gasteiger partial charge in [-0.15, -0.1) is 0 Å². The zero-order chi connectivity index (χ0) is 27.7. The zero-order valence-corrected chi connectivity index (χ0v) is 24.5. The molecule has 0 bridgehead atoms. The molecule has 1 spiro atoms. The van der Waals surface area contributed by atoms with E-state index < -0.39 is 5.66 Å². The van der Waals surface area contributed by atoms with Crippen molar-refractivity contribution in [1.29, 1.82) is 0 Å². The molecule has 0 radical (unpaired) electrons. The standard InChI is InChI=1S/C33H45BN2O2/c1-31(2,3)18-17-28(24-13-11-23(22-37)12-14-24)36-30(38)29(25-9-8-10-27(21-25)34-7)35-33(36)19-15-26(16-20-33)32(4,5)6/h8-14,21-22,26,28,34H,15-20H2,1-7H3. The average Bonchev–Trinajstić information content (AvgIpc) is 3.15. The molecule has 1 atom stereocenters. The van der Waals surface area contributed by atoms with Crippen molar-refractivity contribution in [1.82, 2.24) is 4.90 Å². The van der Waals surface area contributed by atoms with E-state index in [1.165, 1.54) is 5.46 Å². The monoisotopic (exact) mass is 512 g/mol. The fourth-order valence-electron chi connectivity index (χ4n) is 6.28. The van der Waals surface area contributed by atoms with Crippen molar-refractivity contribution >= 4 is 30.6 Å². The Hall–Kier alpha value is -2.69. The van der Waals surface area contributed by atoms with Crippen molar-refractivity contribution in [2.75, 3.05) is 0 Å². The van der Waals surface area contributed by atoms with Gasteiger partial charge in [-0.2, -0.15) is 0 Å². The number of hydrogen-bond acceptors (Lipinski definition) is 3. The fraction of sp³-hybridized carbons (Fsp3) is 0.545. The van der Waals surface area contributed by atoms with Gasteiger partial charge in [0.25, 0.3) is 5.91 Å². The van der Waals surface area contributed by atoms with Crippen molar-refractivity contribution in [3.63, 3.8) is 0 Å². The number of hydrogen-bond donors (Lipinski definition) is 0. The lowest BCUT2D eigenvalue weighted by Gasteiger charge is -2.47. The summed E-state index contributed by atoms with van der Waals surface area (Å²) in [7, 11) is 0.925. The second-order valence-corrected chi connectivity index (χ2v) is 13.7. The van der Waals surface area contributed by atoms with Crippen LogP contribution in [0.4, 0.5) is 0 Å². The van der Waals surface area contributed by atoms with E-state index in [0.717, 1.165) is 63.2 Å². The summed E-state index contributed by atoms with van der Waals surface area (Å²) >= 11 is 0. The molecule has 1 heterocycles. The highest BCUT2D eigenvalue weighted by Crippen LogP contribution is 2.50. The predicted molar refractivity (Wildman–Crippen MR) is 160 cm³/mol. The maximum atomic E-state index is 14.5. The Kier molecular flexibility index (Phi) is 8.07. The van der Waals surface area contributed by atoms with Gasteiger partial charge in [0.2, 0.25) is 0 Å². The van der Waals surface area contributed by atoms with E-state index in [0.29, 0.717) is 17.2 Å². The molecule has 4 rings (SSSR count). The lowest BCUT2D eigenvalue weighted by Crippen LogP contribution is -2.51. The van der Waals surface area contributed by atoms with Gasteiger partial charge < -0.3 is 4.90 Å². The van der Waals surface area contributed by atoms with E-state index in [-0.39, 0.29) is 22.8 Å². The molecule has 1 aliphatic carbocycles. The first-order valence-corrected chi connectivity index (χ1v) is 14.4. The van der Waals surface area contributed by atoms with Crippen LogP contribution in [-0.2, 0) is 4.79 Å². The van der Waals surface area contributed by atoms with Crippen LogP contribution in [0, 0.1) is 16.7 Å². The number of benzene rings is 2. The molecule has 2 aromatic rings. The molecule has 2 aliphatic rings. The largest absolute Gasteiger partial charge is 0.305 e. The topological polar surface area (TPSA) is 49.7 Å². The smallest absolute Gasteiger partial charge is 0.275 e. The summed E-state index contributed by atoms with van der Waals surface area (Å²) in [5.41, 5.74) is 4.36. The second-order valence-electron chi connectivity index (χ2n) is 13.7. The Morgan fingerprint density at radius 3 is 2.26 bits per heavy atom. The fourth-order valence-corrected chi connectivity index (χ4v) is 6.28. The molecule has 202 valence electrons. The zero-order valence-electron chi connectivity index (χ0n) is 24.5. The van der Waals surface area contributed by atoms with E-state index >= 15 is 0 Å². The molecule has 38 heavy (non-hydrogen) atoms. The molecule has 1 amide bonds. The Morgan fingerprint density at radius 2 is 1.71 bits per heavy atom. The van der Waals surface area contributed by atoms with Gasteiger partial charge in [-0.1, -0.05) is 102 Å². The van der Waals surface area contributed by atoms with Gasteiger partial charge in [0.1, 0.15) is 17.7 Å². The van der Waals surface area contributed by atoms with Gasteiger partial charge in [-0.3, -0.25) is 14.6 Å². The molecule has 1 unspecified atom stereocenters. The lowest BCUT2D eigenvalue weighted by atomic mass is 9.69. The van der Waals surface area contributed by atoms with Crippen molar-refractivity contribution in [3.8, 4) is 0 Å². The number of aliphatic imine (C=N–C) groups is 1. The molecule has 1 fully saturated rings. The van der Waals surface area contributed by atoms with E-state index in [9.17, 15) is 9.59 Å². The molecule has 0 saturated heterocycles. The Balaban J connectivity index is 1.80. The highest BCUT2D eigenvalue weighted by atomic mass is 16.2. The molecule has 4 nitrogen and oxygen atoms in total. The van der Waals surface area contributed by atoms with Gasteiger partial charge in [-0.05, 0) is 60.8 Å². The summed E-state index contributed by atoms with van der Waals surface area (Å²) in [6.07, 6.45) is 6.62. The van der Waals surface area contributed by atoms with Gasteiger partial charge >= 0.3 is 0 Å². The third-order valence-electron chi connectivity index (χ3n) is 8.75. The quantitative estimate of drug-likeness (QED) is 0.305. The second kappa shape index (κ2) is 10.8. The summed E-state index contributed by atoms with van der Waals surface area (Å²) in [5.74, 6) is 0.665. The number of rotatable bonds is 7. The van der Waals surface area contributed by atoms with E-state index in [2.05, 4.69) is 65.4 Å². The molecule has 1 aliphatic heterocycles. The van der Waals surface area contributed by atoms with Crippen LogP contribution in [0.5, 0.6) is 0 Å². The van der Waals surface area contributed by atoms with Crippen LogP contribution < -0.4 is 5.46 Å². The van der Waals surface area contributed by atoms with Crippen molar-refractivity contribution in [2.24, 2.45) is 21.7 Å². The minimum Gasteiger partial charge on any atom is -0.305 e. The number of nitrogens with zero attached hydrogens (tertiary/aromatic N) is 2. The van der Waals surface area contributed by atoms with Crippen LogP contribution in [0.15, 0.2) is 53.5 Å². The number of amides is 1. The predicted octanol–water partition coefficient (Wildman–Crippen LogP) is 6.74. The molecule has 5 heteroatoms. The van der Waals surface area contributed by atoms with Crippen LogP contribution in [0.1, 0.15) is 108 Å². The van der Waals surface area contributed by atoms with E-state index in [1.807, 2.05) is 36.4 Å². The van der Waals surface area contributed by atoms with Crippen LogP contribution in [0.25, 0.3) is 0 Å². The Morgan fingerprint density at radius 1 is 1.05 bits per heavy atom. The van der Waals surface area contributed by atoms with Crippen LogP contribution in [-0.4, -0.2) is 35.7 Å². The van der Waals surface area contributed by atoms with Gasteiger partial charge in [0.05, 0.1) is 6.04 Å². The van der Waals surface area contributed by atoms with Crippen LogP contribution in [0.2, 0.25) is 6.82 Å². The van der Waals surface area contributed by atoms with Crippen molar-refractivity contribution in [2.45, 2.75) is 98.6 Å². The molecule has 1 saturated carbocycles. The minimum absolute atomic E-state index is 0.0471. The van der Waals surface area contributed by atoms with Crippen LogP contribution >= 0.6 is 0 Å². The number of carbonyl (C=O) groups excluding carboxylic acids is 2. The third kappa shape index (κ3) is 5.97.